The van der Waals surface area contributed by atoms with Gasteiger partial charge in [-0.15, -0.1) is 0 Å². The highest BCUT2D eigenvalue weighted by atomic mass is 16.6. The van der Waals surface area contributed by atoms with Crippen LogP contribution in [0.4, 0.5) is 5.69 Å². The molecule has 5 nitrogen and oxygen atoms in total. The first-order valence-electron chi connectivity index (χ1n) is 5.73. The summed E-state index contributed by atoms with van der Waals surface area (Å²) in [6.07, 6.45) is 2.25. The van der Waals surface area contributed by atoms with E-state index in [1.807, 2.05) is 18.2 Å². The number of nitro benzene ring substituents is 1. The minimum atomic E-state index is -0.345. The molecule has 1 N–H and O–H groups in total. The Morgan fingerprint density at radius 3 is 2.78 bits per heavy atom. The van der Waals surface area contributed by atoms with Crippen LogP contribution in [0.5, 0.6) is 0 Å². The van der Waals surface area contributed by atoms with Crippen LogP contribution >= 0.6 is 0 Å². The van der Waals surface area contributed by atoms with Crippen LogP contribution in [0.2, 0.25) is 0 Å². The van der Waals surface area contributed by atoms with Gasteiger partial charge in [0.05, 0.1) is 17.7 Å². The first-order valence-corrected chi connectivity index (χ1v) is 5.73. The molecule has 0 saturated carbocycles. The van der Waals surface area contributed by atoms with Crippen LogP contribution in [0.1, 0.15) is 11.3 Å². The van der Waals surface area contributed by atoms with Crippen LogP contribution in [0, 0.1) is 10.1 Å². The Morgan fingerprint density at radius 1 is 1.22 bits per heavy atom. The summed E-state index contributed by atoms with van der Waals surface area (Å²) in [5.41, 5.74) is 0.923. The Morgan fingerprint density at radius 2 is 2.06 bits per heavy atom. The third-order valence-corrected chi connectivity index (χ3v) is 2.64. The standard InChI is InChI=1S/C13H14N2O3/c16-15(17)13-6-2-1-4-11(13)7-8-14-10-12-5-3-9-18-12/h1-6,9,14H,7-8,10H2. The van der Waals surface area contributed by atoms with Crippen LogP contribution in [-0.4, -0.2) is 11.5 Å². The number of hydrogen-bond donors (Lipinski definition) is 1. The smallest absolute Gasteiger partial charge is 0.272 e. The van der Waals surface area contributed by atoms with Gasteiger partial charge in [0.2, 0.25) is 0 Å². The fourth-order valence-corrected chi connectivity index (χ4v) is 1.75. The van der Waals surface area contributed by atoms with Gasteiger partial charge < -0.3 is 9.73 Å². The zero-order valence-corrected chi connectivity index (χ0v) is 9.83. The van der Waals surface area contributed by atoms with Gasteiger partial charge in [-0.25, -0.2) is 0 Å². The third-order valence-electron chi connectivity index (χ3n) is 2.64. The Hall–Kier alpha value is -2.14. The molecule has 0 aliphatic rings. The summed E-state index contributed by atoms with van der Waals surface area (Å²) in [5, 5.41) is 14.0. The van der Waals surface area contributed by atoms with E-state index in [4.69, 9.17) is 4.42 Å². The Bertz CT molecular complexity index is 509. The van der Waals surface area contributed by atoms with Gasteiger partial charge >= 0.3 is 0 Å². The average molecular weight is 246 g/mol. The minimum Gasteiger partial charge on any atom is -0.468 e. The average Bonchev–Trinajstić information content (AvgIpc) is 2.88. The molecule has 0 spiro atoms. The summed E-state index contributed by atoms with van der Waals surface area (Å²) >= 11 is 0. The van der Waals surface area contributed by atoms with Gasteiger partial charge in [0.15, 0.2) is 0 Å². The molecule has 1 aromatic carbocycles. The highest BCUT2D eigenvalue weighted by Crippen LogP contribution is 2.17. The van der Waals surface area contributed by atoms with E-state index in [2.05, 4.69) is 5.32 Å². The topological polar surface area (TPSA) is 68.3 Å². The molecule has 2 rings (SSSR count). The van der Waals surface area contributed by atoms with Gasteiger partial charge in [-0.05, 0) is 25.1 Å². The molecule has 18 heavy (non-hydrogen) atoms. The number of benzene rings is 1. The maximum atomic E-state index is 10.8. The van der Waals surface area contributed by atoms with Crippen molar-refractivity contribution in [1.29, 1.82) is 0 Å². The number of nitro groups is 1. The molecule has 0 unspecified atom stereocenters. The van der Waals surface area contributed by atoms with E-state index in [-0.39, 0.29) is 10.6 Å². The van der Waals surface area contributed by atoms with Crippen molar-refractivity contribution in [2.45, 2.75) is 13.0 Å². The molecule has 94 valence electrons. The minimum absolute atomic E-state index is 0.178. The molecule has 0 aliphatic heterocycles. The van der Waals surface area contributed by atoms with Crippen LogP contribution in [0.3, 0.4) is 0 Å². The molecular formula is C13H14N2O3. The van der Waals surface area contributed by atoms with Crippen molar-refractivity contribution < 1.29 is 9.34 Å². The third kappa shape index (κ3) is 3.18. The zero-order chi connectivity index (χ0) is 12.8. The second-order valence-corrected chi connectivity index (χ2v) is 3.89. The summed E-state index contributed by atoms with van der Waals surface area (Å²) in [5.74, 6) is 0.859. The number of nitrogens with zero attached hydrogens (tertiary/aromatic N) is 1. The molecule has 0 fully saturated rings. The maximum Gasteiger partial charge on any atom is 0.272 e. The highest BCUT2D eigenvalue weighted by molar-refractivity contribution is 5.39. The van der Waals surface area contributed by atoms with Crippen LogP contribution in [0.25, 0.3) is 0 Å². The van der Waals surface area contributed by atoms with Gasteiger partial charge in [-0.3, -0.25) is 10.1 Å². The number of nitrogens with one attached hydrogen (secondary N) is 1. The lowest BCUT2D eigenvalue weighted by atomic mass is 10.1. The van der Waals surface area contributed by atoms with Crippen molar-refractivity contribution in [3.05, 3.63) is 64.1 Å². The molecule has 0 bridgehead atoms. The molecule has 1 aromatic heterocycles. The quantitative estimate of drug-likeness (QED) is 0.483. The van der Waals surface area contributed by atoms with Gasteiger partial charge in [0.1, 0.15) is 5.76 Å². The first-order chi connectivity index (χ1) is 8.77. The summed E-state index contributed by atoms with van der Waals surface area (Å²) in [6, 6.07) is 10.5. The SMILES string of the molecule is O=[N+]([O-])c1ccccc1CCNCc1ccco1. The zero-order valence-electron chi connectivity index (χ0n) is 9.83. The van der Waals surface area contributed by atoms with E-state index < -0.39 is 0 Å². The van der Waals surface area contributed by atoms with E-state index in [0.717, 1.165) is 11.3 Å². The molecular weight excluding hydrogens is 232 g/mol. The molecule has 0 saturated heterocycles. The Kier molecular flexibility index (Phi) is 4.09. The van der Waals surface area contributed by atoms with Crippen molar-refractivity contribution in [3.63, 3.8) is 0 Å². The van der Waals surface area contributed by atoms with Crippen molar-refractivity contribution >= 4 is 5.69 Å². The second-order valence-electron chi connectivity index (χ2n) is 3.89. The normalized spacial score (nSPS) is 10.4. The maximum absolute atomic E-state index is 10.8. The highest BCUT2D eigenvalue weighted by Gasteiger charge is 2.11. The fraction of sp³-hybridized carbons (Fsp3) is 0.231. The van der Waals surface area contributed by atoms with Crippen LogP contribution in [0.15, 0.2) is 47.1 Å². The van der Waals surface area contributed by atoms with Gasteiger partial charge in [-0.2, -0.15) is 0 Å². The van der Waals surface area contributed by atoms with E-state index >= 15 is 0 Å². The number of rotatable bonds is 6. The van der Waals surface area contributed by atoms with E-state index in [9.17, 15) is 10.1 Å². The molecule has 0 atom stereocenters. The van der Waals surface area contributed by atoms with E-state index in [1.165, 1.54) is 6.07 Å². The molecule has 5 heteroatoms. The van der Waals surface area contributed by atoms with Crippen LogP contribution in [-0.2, 0) is 13.0 Å². The Labute approximate surface area is 105 Å². The predicted molar refractivity (Wildman–Crippen MR) is 67.2 cm³/mol. The first kappa shape index (κ1) is 12.3. The molecule has 2 aromatic rings. The lowest BCUT2D eigenvalue weighted by Gasteiger charge is -2.04. The summed E-state index contributed by atoms with van der Waals surface area (Å²) in [4.78, 5) is 10.5. The summed E-state index contributed by atoms with van der Waals surface area (Å²) in [7, 11) is 0. The van der Waals surface area contributed by atoms with Gasteiger partial charge in [-0.1, -0.05) is 18.2 Å². The molecule has 0 amide bonds. The largest absolute Gasteiger partial charge is 0.468 e. The van der Waals surface area contributed by atoms with E-state index in [1.54, 1.807) is 18.4 Å². The molecule has 1 heterocycles. The van der Waals surface area contributed by atoms with E-state index in [0.29, 0.717) is 19.5 Å². The van der Waals surface area contributed by atoms with Crippen molar-refractivity contribution in [2.24, 2.45) is 0 Å². The Balaban J connectivity index is 1.85. The number of hydrogen-bond acceptors (Lipinski definition) is 4. The monoisotopic (exact) mass is 246 g/mol. The van der Waals surface area contributed by atoms with Crippen molar-refractivity contribution in [2.75, 3.05) is 6.54 Å². The summed E-state index contributed by atoms with van der Waals surface area (Å²) in [6.45, 7) is 1.30. The summed E-state index contributed by atoms with van der Waals surface area (Å²) < 4.78 is 5.18. The molecule has 0 radical (unpaired) electrons. The predicted octanol–water partition coefficient (Wildman–Crippen LogP) is 2.52. The number of furan rings is 1. The van der Waals surface area contributed by atoms with Crippen molar-refractivity contribution in [1.82, 2.24) is 5.32 Å². The molecule has 0 aliphatic carbocycles. The fourth-order valence-electron chi connectivity index (χ4n) is 1.75. The number of para-hydroxylation sites is 1. The lowest BCUT2D eigenvalue weighted by Crippen LogP contribution is -2.16. The lowest BCUT2D eigenvalue weighted by molar-refractivity contribution is -0.385. The van der Waals surface area contributed by atoms with Crippen molar-refractivity contribution in [3.8, 4) is 0 Å². The van der Waals surface area contributed by atoms with Gasteiger partial charge in [0, 0.05) is 11.6 Å². The second kappa shape index (κ2) is 5.97. The van der Waals surface area contributed by atoms with Crippen LogP contribution < -0.4 is 5.32 Å². The van der Waals surface area contributed by atoms with Gasteiger partial charge in [0.25, 0.3) is 5.69 Å².